The number of aromatic nitrogens is 1. The number of para-hydroxylation sites is 1. The van der Waals surface area contributed by atoms with Gasteiger partial charge in [-0.2, -0.15) is 0 Å². The maximum atomic E-state index is 12.5. The lowest BCUT2D eigenvalue weighted by Crippen LogP contribution is -2.34. The first-order chi connectivity index (χ1) is 9.20. The number of nitrogens with zero attached hydrogens (tertiary/aromatic N) is 1. The van der Waals surface area contributed by atoms with Crippen LogP contribution in [0.15, 0.2) is 38.9 Å². The molecule has 0 saturated carbocycles. The molecule has 3 rings (SSSR count). The summed E-state index contributed by atoms with van der Waals surface area (Å²) in [5, 5.41) is 4.32. The van der Waals surface area contributed by atoms with Crippen molar-refractivity contribution in [2.75, 3.05) is 13.1 Å². The van der Waals surface area contributed by atoms with E-state index in [0.717, 1.165) is 36.8 Å². The average Bonchev–Trinajstić information content (AvgIpc) is 2.46. The quantitative estimate of drug-likeness (QED) is 0.706. The topological polar surface area (TPSA) is 34.0 Å². The molecule has 3 nitrogen and oxygen atoms in total. The Hall–Kier alpha value is -0.910. The number of rotatable bonds is 1. The third-order valence-electron chi connectivity index (χ3n) is 3.74. The fraction of sp³-hybridized carbons (Fsp3) is 0.357. The predicted molar refractivity (Wildman–Crippen MR) is 83.9 cm³/mol. The lowest BCUT2D eigenvalue weighted by Gasteiger charge is -2.27. The molecule has 0 bridgehead atoms. The number of hydrogen-bond acceptors (Lipinski definition) is 4. The Morgan fingerprint density at radius 2 is 1.79 bits per heavy atom. The van der Waals surface area contributed by atoms with E-state index >= 15 is 0 Å². The van der Waals surface area contributed by atoms with Crippen LogP contribution >= 0.6 is 25.3 Å². The summed E-state index contributed by atoms with van der Waals surface area (Å²) in [7, 11) is 0. The highest BCUT2D eigenvalue weighted by atomic mass is 32.1. The van der Waals surface area contributed by atoms with Gasteiger partial charge in [0, 0.05) is 16.3 Å². The third kappa shape index (κ3) is 2.20. The number of hydrogen-bond donors (Lipinski definition) is 3. The predicted octanol–water partition coefficient (Wildman–Crippen LogP) is 2.50. The maximum Gasteiger partial charge on any atom is 0.265 e. The van der Waals surface area contributed by atoms with Crippen molar-refractivity contribution in [3.8, 4) is 0 Å². The molecule has 0 amide bonds. The van der Waals surface area contributed by atoms with Crippen LogP contribution in [-0.2, 0) is 0 Å². The molecule has 1 aromatic heterocycles. The van der Waals surface area contributed by atoms with E-state index in [4.69, 9.17) is 0 Å². The monoisotopic (exact) mass is 292 g/mol. The molecule has 1 saturated heterocycles. The second-order valence-electron chi connectivity index (χ2n) is 4.87. The standard InChI is InChI=1S/C14H16N2OS2/c17-14-13(19)12(18)10-3-1-2-4-11(10)16(14)9-5-7-15-8-6-9/h1-4,9,15,18-19H,5-8H2. The van der Waals surface area contributed by atoms with Crippen molar-refractivity contribution in [1.29, 1.82) is 0 Å². The van der Waals surface area contributed by atoms with Gasteiger partial charge in [-0.3, -0.25) is 4.79 Å². The van der Waals surface area contributed by atoms with Crippen molar-refractivity contribution in [3.63, 3.8) is 0 Å². The molecule has 0 unspecified atom stereocenters. The largest absolute Gasteiger partial charge is 0.317 e. The van der Waals surface area contributed by atoms with E-state index in [1.165, 1.54) is 0 Å². The summed E-state index contributed by atoms with van der Waals surface area (Å²) in [4.78, 5) is 13.6. The Kier molecular flexibility index (Phi) is 3.60. The van der Waals surface area contributed by atoms with Crippen LogP contribution in [0.1, 0.15) is 18.9 Å². The molecule has 5 heteroatoms. The van der Waals surface area contributed by atoms with Gasteiger partial charge < -0.3 is 9.88 Å². The highest BCUT2D eigenvalue weighted by Crippen LogP contribution is 2.29. The minimum Gasteiger partial charge on any atom is -0.317 e. The van der Waals surface area contributed by atoms with Crippen molar-refractivity contribution in [3.05, 3.63) is 34.6 Å². The molecule has 0 radical (unpaired) electrons. The van der Waals surface area contributed by atoms with E-state index in [-0.39, 0.29) is 11.6 Å². The Morgan fingerprint density at radius 3 is 2.53 bits per heavy atom. The van der Waals surface area contributed by atoms with Gasteiger partial charge in [0.25, 0.3) is 5.56 Å². The summed E-state index contributed by atoms with van der Waals surface area (Å²) in [6.07, 6.45) is 1.95. The number of piperidine rings is 1. The number of benzene rings is 1. The first-order valence-corrected chi connectivity index (χ1v) is 7.35. The Bertz CT molecular complexity index is 675. The average molecular weight is 292 g/mol. The second kappa shape index (κ2) is 5.23. The SMILES string of the molecule is O=c1c(S)c(S)c2ccccc2n1C1CCNCC1. The van der Waals surface area contributed by atoms with Gasteiger partial charge in [-0.15, -0.1) is 25.3 Å². The molecule has 2 aromatic rings. The van der Waals surface area contributed by atoms with Crippen molar-refractivity contribution >= 4 is 36.2 Å². The molecule has 0 aliphatic carbocycles. The van der Waals surface area contributed by atoms with Gasteiger partial charge in [-0.05, 0) is 32.0 Å². The van der Waals surface area contributed by atoms with E-state index in [1.54, 1.807) is 0 Å². The summed E-state index contributed by atoms with van der Waals surface area (Å²) in [6, 6.07) is 8.16. The zero-order chi connectivity index (χ0) is 13.4. The lowest BCUT2D eigenvalue weighted by molar-refractivity contribution is 0.366. The molecule has 1 aliphatic rings. The van der Waals surface area contributed by atoms with Crippen LogP contribution < -0.4 is 10.9 Å². The minimum absolute atomic E-state index is 0.0288. The summed E-state index contributed by atoms with van der Waals surface area (Å²) < 4.78 is 1.90. The molecule has 1 aliphatic heterocycles. The van der Waals surface area contributed by atoms with Gasteiger partial charge >= 0.3 is 0 Å². The molecule has 1 aromatic carbocycles. The number of pyridine rings is 1. The number of thiol groups is 2. The highest BCUT2D eigenvalue weighted by Gasteiger charge is 2.20. The van der Waals surface area contributed by atoms with E-state index in [2.05, 4.69) is 30.6 Å². The number of fused-ring (bicyclic) bond motifs is 1. The van der Waals surface area contributed by atoms with Crippen LogP contribution in [0.2, 0.25) is 0 Å². The molecule has 1 fully saturated rings. The van der Waals surface area contributed by atoms with Crippen LogP contribution in [0.4, 0.5) is 0 Å². The van der Waals surface area contributed by atoms with Crippen LogP contribution in [0.25, 0.3) is 10.9 Å². The van der Waals surface area contributed by atoms with Gasteiger partial charge in [-0.25, -0.2) is 0 Å². The molecule has 0 spiro atoms. The Morgan fingerprint density at radius 1 is 1.11 bits per heavy atom. The molecular formula is C14H16N2OS2. The molecule has 2 heterocycles. The maximum absolute atomic E-state index is 12.5. The number of nitrogens with one attached hydrogen (secondary N) is 1. The van der Waals surface area contributed by atoms with Crippen LogP contribution in [0.5, 0.6) is 0 Å². The van der Waals surface area contributed by atoms with Gasteiger partial charge in [-0.1, -0.05) is 18.2 Å². The zero-order valence-corrected chi connectivity index (χ0v) is 12.3. The molecule has 0 atom stereocenters. The summed E-state index contributed by atoms with van der Waals surface area (Å²) in [5.41, 5.74) is 0.932. The van der Waals surface area contributed by atoms with E-state index < -0.39 is 0 Å². The fourth-order valence-electron chi connectivity index (χ4n) is 2.76. The smallest absolute Gasteiger partial charge is 0.265 e. The van der Waals surface area contributed by atoms with Gasteiger partial charge in [0.1, 0.15) is 0 Å². The fourth-order valence-corrected chi connectivity index (χ4v) is 3.28. The summed E-state index contributed by atoms with van der Waals surface area (Å²) in [6.45, 7) is 1.91. The van der Waals surface area contributed by atoms with Crippen molar-refractivity contribution in [2.45, 2.75) is 28.7 Å². The minimum atomic E-state index is -0.0288. The molecule has 19 heavy (non-hydrogen) atoms. The molecule has 1 N–H and O–H groups in total. The lowest BCUT2D eigenvalue weighted by atomic mass is 10.0. The Labute approximate surface area is 122 Å². The van der Waals surface area contributed by atoms with Crippen molar-refractivity contribution < 1.29 is 0 Å². The van der Waals surface area contributed by atoms with Crippen molar-refractivity contribution in [1.82, 2.24) is 9.88 Å². The van der Waals surface area contributed by atoms with E-state index in [9.17, 15) is 4.79 Å². The van der Waals surface area contributed by atoms with Crippen LogP contribution in [-0.4, -0.2) is 17.7 Å². The van der Waals surface area contributed by atoms with Gasteiger partial charge in [0.05, 0.1) is 10.4 Å². The molecular weight excluding hydrogens is 276 g/mol. The molecule has 100 valence electrons. The van der Waals surface area contributed by atoms with Crippen LogP contribution in [0.3, 0.4) is 0 Å². The van der Waals surface area contributed by atoms with Gasteiger partial charge in [0.2, 0.25) is 0 Å². The zero-order valence-electron chi connectivity index (χ0n) is 10.5. The third-order valence-corrected chi connectivity index (χ3v) is 4.79. The first kappa shape index (κ1) is 13.1. The normalized spacial score (nSPS) is 16.9. The first-order valence-electron chi connectivity index (χ1n) is 6.46. The van der Waals surface area contributed by atoms with E-state index in [0.29, 0.717) is 9.79 Å². The summed E-state index contributed by atoms with van der Waals surface area (Å²) >= 11 is 8.79. The highest BCUT2D eigenvalue weighted by molar-refractivity contribution is 7.83. The summed E-state index contributed by atoms with van der Waals surface area (Å²) in [5.74, 6) is 0. The van der Waals surface area contributed by atoms with Crippen LogP contribution in [0, 0.1) is 0 Å². The van der Waals surface area contributed by atoms with Crippen molar-refractivity contribution in [2.24, 2.45) is 0 Å². The van der Waals surface area contributed by atoms with E-state index in [1.807, 2.05) is 28.8 Å². The van der Waals surface area contributed by atoms with Gasteiger partial charge in [0.15, 0.2) is 0 Å². The second-order valence-corrected chi connectivity index (χ2v) is 5.77. The Balaban J connectivity index is 2.30.